The summed E-state index contributed by atoms with van der Waals surface area (Å²) in [7, 11) is 0. The third kappa shape index (κ3) is 1.41. The normalized spacial score (nSPS) is 10.6. The number of benzene rings is 1. The van der Waals surface area contributed by atoms with E-state index in [-0.39, 0.29) is 20.4 Å². The summed E-state index contributed by atoms with van der Waals surface area (Å²) in [5.41, 5.74) is 2.57. The van der Waals surface area contributed by atoms with Crippen LogP contribution in [0.5, 0.6) is 0 Å². The van der Waals surface area contributed by atoms with Gasteiger partial charge in [-0.25, -0.2) is 0 Å². The quantitative estimate of drug-likeness (QED) is 0.577. The Balaban J connectivity index is 2.92. The van der Waals surface area contributed by atoms with Crippen molar-refractivity contribution in [1.29, 1.82) is 0 Å². The van der Waals surface area contributed by atoms with E-state index in [1.54, 1.807) is 0 Å². The molecular formula is C8H7NSTe. The summed E-state index contributed by atoms with van der Waals surface area (Å²) in [4.78, 5) is 3.21. The minimum atomic E-state index is -0.209. The summed E-state index contributed by atoms with van der Waals surface area (Å²) in [5.74, 6) is 0. The van der Waals surface area contributed by atoms with Gasteiger partial charge in [-0.2, -0.15) is 0 Å². The Morgan fingerprint density at radius 1 is 1.45 bits per heavy atom. The molecule has 11 heavy (non-hydrogen) atoms. The van der Waals surface area contributed by atoms with Crippen LogP contribution in [0.4, 0.5) is 0 Å². The second-order valence-corrected chi connectivity index (χ2v) is 6.73. The van der Waals surface area contributed by atoms with Crippen molar-refractivity contribution in [3.05, 3.63) is 26.4 Å². The molecule has 1 heterocycles. The molecule has 56 valence electrons. The molecule has 0 amide bonds. The maximum atomic E-state index is 5.11. The fourth-order valence-corrected chi connectivity index (χ4v) is 4.15. The van der Waals surface area contributed by atoms with Gasteiger partial charge in [0.2, 0.25) is 0 Å². The molecule has 0 fully saturated rings. The zero-order chi connectivity index (χ0) is 7.84. The van der Waals surface area contributed by atoms with Gasteiger partial charge in [0.1, 0.15) is 0 Å². The number of aryl methyl sites for hydroxylation is 1. The maximum absolute atomic E-state index is 5.11. The van der Waals surface area contributed by atoms with E-state index in [1.807, 2.05) is 0 Å². The van der Waals surface area contributed by atoms with Crippen molar-refractivity contribution in [3.8, 4) is 0 Å². The van der Waals surface area contributed by atoms with Crippen LogP contribution in [0.15, 0.2) is 18.2 Å². The van der Waals surface area contributed by atoms with Crippen molar-refractivity contribution in [3.63, 3.8) is 0 Å². The van der Waals surface area contributed by atoms with Crippen LogP contribution in [0.1, 0.15) is 5.56 Å². The zero-order valence-electron chi connectivity index (χ0n) is 6.05. The van der Waals surface area contributed by atoms with E-state index in [0.29, 0.717) is 0 Å². The SMILES string of the molecule is Cc1ccc2[nH]c(=S)[te]c2c1. The molecule has 0 unspecified atom stereocenters. The van der Waals surface area contributed by atoms with Gasteiger partial charge in [-0.1, -0.05) is 0 Å². The summed E-state index contributed by atoms with van der Waals surface area (Å²) < 4.78 is 2.52. The summed E-state index contributed by atoms with van der Waals surface area (Å²) in [5, 5.41) is 0. The van der Waals surface area contributed by atoms with E-state index in [2.05, 4.69) is 30.1 Å². The van der Waals surface area contributed by atoms with Crippen molar-refractivity contribution in [2.24, 2.45) is 0 Å². The number of aromatic amines is 1. The van der Waals surface area contributed by atoms with Gasteiger partial charge in [-0.15, -0.1) is 0 Å². The summed E-state index contributed by atoms with van der Waals surface area (Å²) >= 11 is 4.91. The fraction of sp³-hybridized carbons (Fsp3) is 0.125. The van der Waals surface area contributed by atoms with Crippen LogP contribution >= 0.6 is 12.2 Å². The molecular weight excluding hydrogens is 270 g/mol. The molecule has 1 aromatic carbocycles. The molecule has 0 aliphatic carbocycles. The second kappa shape index (κ2) is 2.75. The predicted molar refractivity (Wildman–Crippen MR) is 50.8 cm³/mol. The number of hydrogen-bond donors (Lipinski definition) is 1. The average Bonchev–Trinajstić information content (AvgIpc) is 2.27. The Morgan fingerprint density at radius 2 is 2.27 bits per heavy atom. The van der Waals surface area contributed by atoms with Crippen LogP contribution in [0, 0.1) is 9.58 Å². The van der Waals surface area contributed by atoms with E-state index in [4.69, 9.17) is 12.2 Å². The van der Waals surface area contributed by atoms with Gasteiger partial charge in [-0.05, 0) is 0 Å². The summed E-state index contributed by atoms with van der Waals surface area (Å²) in [6.07, 6.45) is 0. The molecule has 2 aromatic rings. The van der Waals surface area contributed by atoms with Crippen molar-refractivity contribution in [2.75, 3.05) is 0 Å². The first-order valence-electron chi connectivity index (χ1n) is 3.35. The van der Waals surface area contributed by atoms with Gasteiger partial charge in [0, 0.05) is 0 Å². The molecule has 0 saturated heterocycles. The Bertz CT molecular complexity index is 441. The molecule has 0 saturated carbocycles. The predicted octanol–water partition coefficient (Wildman–Crippen LogP) is 2.26. The molecule has 0 aliphatic heterocycles. The van der Waals surface area contributed by atoms with Gasteiger partial charge >= 0.3 is 79.9 Å². The summed E-state index contributed by atoms with van der Waals surface area (Å²) in [6, 6.07) is 6.48. The molecule has 1 aromatic heterocycles. The van der Waals surface area contributed by atoms with Gasteiger partial charge in [-0.3, -0.25) is 0 Å². The molecule has 1 nitrogen and oxygen atoms in total. The topological polar surface area (TPSA) is 15.8 Å². The number of hydrogen-bond acceptors (Lipinski definition) is 1. The van der Waals surface area contributed by atoms with Crippen molar-refractivity contribution >= 4 is 41.6 Å². The molecule has 1 N–H and O–H groups in total. The first-order chi connectivity index (χ1) is 5.25. The molecule has 2 rings (SSSR count). The van der Waals surface area contributed by atoms with Gasteiger partial charge in [0.25, 0.3) is 0 Å². The van der Waals surface area contributed by atoms with Crippen LogP contribution in [-0.2, 0) is 0 Å². The van der Waals surface area contributed by atoms with Crippen LogP contribution in [0.2, 0.25) is 0 Å². The van der Waals surface area contributed by atoms with Gasteiger partial charge < -0.3 is 0 Å². The monoisotopic (exact) mass is 279 g/mol. The third-order valence-corrected chi connectivity index (χ3v) is 4.65. The number of aromatic nitrogens is 1. The zero-order valence-corrected chi connectivity index (χ0v) is 9.20. The number of nitrogens with one attached hydrogen (secondary N) is 1. The van der Waals surface area contributed by atoms with Crippen LogP contribution < -0.4 is 0 Å². The average molecular weight is 277 g/mol. The number of rotatable bonds is 0. The molecule has 0 atom stereocenters. The Kier molecular flexibility index (Phi) is 1.88. The van der Waals surface area contributed by atoms with Crippen LogP contribution in [0.25, 0.3) is 8.92 Å². The van der Waals surface area contributed by atoms with E-state index in [0.717, 1.165) is 2.66 Å². The van der Waals surface area contributed by atoms with Gasteiger partial charge in [0.15, 0.2) is 0 Å². The van der Waals surface area contributed by atoms with Crippen molar-refractivity contribution < 1.29 is 0 Å². The fourth-order valence-electron chi connectivity index (χ4n) is 1.05. The minimum absolute atomic E-state index is 0.209. The Hall–Kier alpha value is -0.100. The first kappa shape index (κ1) is 7.54. The van der Waals surface area contributed by atoms with Crippen molar-refractivity contribution in [2.45, 2.75) is 6.92 Å². The number of H-pyrrole nitrogens is 1. The van der Waals surface area contributed by atoms with E-state index >= 15 is 0 Å². The number of fused-ring (bicyclic) bond motifs is 1. The summed E-state index contributed by atoms with van der Waals surface area (Å²) in [6.45, 7) is 2.12. The molecule has 0 spiro atoms. The van der Waals surface area contributed by atoms with Crippen LogP contribution in [-0.4, -0.2) is 25.4 Å². The van der Waals surface area contributed by atoms with Crippen LogP contribution in [0.3, 0.4) is 0 Å². The first-order valence-corrected chi connectivity index (χ1v) is 6.09. The molecule has 3 heteroatoms. The molecule has 0 bridgehead atoms. The molecule has 0 radical (unpaired) electrons. The molecule has 0 aliphatic rings. The third-order valence-electron chi connectivity index (χ3n) is 1.58. The van der Waals surface area contributed by atoms with E-state index < -0.39 is 0 Å². The second-order valence-electron chi connectivity index (χ2n) is 2.51. The van der Waals surface area contributed by atoms with Gasteiger partial charge in [0.05, 0.1) is 0 Å². The standard InChI is InChI=1S/C8H7NSTe/c1-5-2-3-6-7(4-5)11-8(10)9-6/h2-4H,1H3,(H,9,10). The van der Waals surface area contributed by atoms with E-state index in [1.165, 1.54) is 14.5 Å². The Morgan fingerprint density at radius 3 is 3.09 bits per heavy atom. The van der Waals surface area contributed by atoms with Crippen molar-refractivity contribution in [1.82, 2.24) is 4.98 Å². The Labute approximate surface area is 79.7 Å². The van der Waals surface area contributed by atoms with E-state index in [9.17, 15) is 0 Å².